The molecule has 0 aliphatic heterocycles. The van der Waals surface area contributed by atoms with E-state index in [0.29, 0.717) is 12.8 Å². The minimum absolute atomic E-state index is 0.303. The van der Waals surface area contributed by atoms with Crippen LogP contribution in [-0.4, -0.2) is 11.9 Å². The standard InChI is InChI=1S/C10H18O4.C6H6/c1-3-5-7-9(11)13-14-10(12)8-6-4-2;1-2-4-6-5-3-1/h3-8H2,1-2H3;1-6H. The van der Waals surface area contributed by atoms with E-state index in [-0.39, 0.29) is 0 Å². The van der Waals surface area contributed by atoms with Crippen LogP contribution in [0.5, 0.6) is 0 Å². The normalized spacial score (nSPS) is 9.10. The van der Waals surface area contributed by atoms with Crippen LogP contribution in [0.1, 0.15) is 52.4 Å². The van der Waals surface area contributed by atoms with E-state index in [1.165, 1.54) is 0 Å². The van der Waals surface area contributed by atoms with Crippen molar-refractivity contribution in [3.05, 3.63) is 36.4 Å². The Morgan fingerprint density at radius 3 is 1.25 bits per heavy atom. The van der Waals surface area contributed by atoms with Crippen LogP contribution in [0.15, 0.2) is 36.4 Å². The second kappa shape index (κ2) is 13.6. The van der Waals surface area contributed by atoms with Gasteiger partial charge in [0, 0.05) is 0 Å². The lowest BCUT2D eigenvalue weighted by Crippen LogP contribution is -2.10. The predicted octanol–water partition coefficient (Wildman–Crippen LogP) is 4.05. The fraction of sp³-hybridized carbons (Fsp3) is 0.500. The van der Waals surface area contributed by atoms with Crippen molar-refractivity contribution >= 4 is 11.9 Å². The first-order chi connectivity index (χ1) is 9.70. The van der Waals surface area contributed by atoms with Crippen LogP contribution in [0.25, 0.3) is 0 Å². The molecule has 0 unspecified atom stereocenters. The maximum atomic E-state index is 10.9. The van der Waals surface area contributed by atoms with Gasteiger partial charge in [0.25, 0.3) is 0 Å². The maximum Gasteiger partial charge on any atom is 0.355 e. The lowest BCUT2D eigenvalue weighted by atomic mass is 10.2. The van der Waals surface area contributed by atoms with Gasteiger partial charge in [-0.2, -0.15) is 0 Å². The Labute approximate surface area is 121 Å². The maximum absolute atomic E-state index is 10.9. The van der Waals surface area contributed by atoms with Crippen molar-refractivity contribution in [3.63, 3.8) is 0 Å². The molecule has 0 radical (unpaired) electrons. The van der Waals surface area contributed by atoms with Gasteiger partial charge in [0.15, 0.2) is 0 Å². The monoisotopic (exact) mass is 280 g/mol. The second-order valence-corrected chi connectivity index (χ2v) is 4.27. The summed E-state index contributed by atoms with van der Waals surface area (Å²) in [5.74, 6) is -0.951. The van der Waals surface area contributed by atoms with Gasteiger partial charge < -0.3 is 0 Å². The highest BCUT2D eigenvalue weighted by atomic mass is 17.2. The third-order valence-corrected chi connectivity index (χ3v) is 2.36. The van der Waals surface area contributed by atoms with Gasteiger partial charge in [-0.1, -0.05) is 63.1 Å². The average Bonchev–Trinajstić information content (AvgIpc) is 2.51. The summed E-state index contributed by atoms with van der Waals surface area (Å²) in [6, 6.07) is 12.0. The summed E-state index contributed by atoms with van der Waals surface area (Å²) in [7, 11) is 0. The summed E-state index contributed by atoms with van der Waals surface area (Å²) in [5, 5.41) is 0. The van der Waals surface area contributed by atoms with Gasteiger partial charge in [-0.3, -0.25) is 0 Å². The number of carbonyl (C=O) groups excluding carboxylic acids is 2. The van der Waals surface area contributed by atoms with E-state index >= 15 is 0 Å². The Kier molecular flexibility index (Phi) is 12.3. The second-order valence-electron chi connectivity index (χ2n) is 4.27. The molecular weight excluding hydrogens is 256 g/mol. The summed E-state index contributed by atoms with van der Waals surface area (Å²) in [6.07, 6.45) is 3.95. The highest BCUT2D eigenvalue weighted by molar-refractivity contribution is 5.72. The lowest BCUT2D eigenvalue weighted by molar-refractivity contribution is -0.259. The van der Waals surface area contributed by atoms with E-state index in [9.17, 15) is 9.59 Å². The van der Waals surface area contributed by atoms with Crippen molar-refractivity contribution in [1.29, 1.82) is 0 Å². The molecule has 0 bridgehead atoms. The molecule has 1 aromatic carbocycles. The smallest absolute Gasteiger partial charge is 0.247 e. The van der Waals surface area contributed by atoms with E-state index in [1.807, 2.05) is 50.2 Å². The zero-order valence-corrected chi connectivity index (χ0v) is 12.3. The van der Waals surface area contributed by atoms with Gasteiger partial charge in [-0.25, -0.2) is 19.4 Å². The predicted molar refractivity (Wildman–Crippen MR) is 77.7 cm³/mol. The molecule has 0 heterocycles. The molecule has 0 aromatic heterocycles. The van der Waals surface area contributed by atoms with Crippen molar-refractivity contribution in [1.82, 2.24) is 0 Å². The van der Waals surface area contributed by atoms with E-state index in [1.54, 1.807) is 0 Å². The molecule has 0 amide bonds. The van der Waals surface area contributed by atoms with Crippen LogP contribution >= 0.6 is 0 Å². The fourth-order valence-electron chi connectivity index (χ4n) is 1.20. The topological polar surface area (TPSA) is 52.6 Å². The SMILES string of the molecule is CCCCC(=O)OOC(=O)CCCC.c1ccccc1. The van der Waals surface area contributed by atoms with Crippen molar-refractivity contribution in [2.75, 3.05) is 0 Å². The average molecular weight is 280 g/mol. The Morgan fingerprint density at radius 2 is 1.00 bits per heavy atom. The zero-order valence-electron chi connectivity index (χ0n) is 12.3. The Balaban J connectivity index is 0.000000493. The van der Waals surface area contributed by atoms with E-state index in [0.717, 1.165) is 25.7 Å². The van der Waals surface area contributed by atoms with Crippen LogP contribution in [0, 0.1) is 0 Å². The summed E-state index contributed by atoms with van der Waals surface area (Å²) in [4.78, 5) is 30.4. The van der Waals surface area contributed by atoms with Crippen molar-refractivity contribution in [2.24, 2.45) is 0 Å². The molecule has 0 atom stereocenters. The zero-order chi connectivity index (χ0) is 15.1. The van der Waals surface area contributed by atoms with E-state index in [2.05, 4.69) is 9.78 Å². The van der Waals surface area contributed by atoms with Crippen molar-refractivity contribution in [2.45, 2.75) is 52.4 Å². The third kappa shape index (κ3) is 12.6. The highest BCUT2D eigenvalue weighted by Crippen LogP contribution is 2.00. The molecule has 20 heavy (non-hydrogen) atoms. The summed E-state index contributed by atoms with van der Waals surface area (Å²) >= 11 is 0. The summed E-state index contributed by atoms with van der Waals surface area (Å²) < 4.78 is 0. The van der Waals surface area contributed by atoms with Gasteiger partial charge in [0.2, 0.25) is 0 Å². The number of rotatable bonds is 6. The van der Waals surface area contributed by atoms with Gasteiger partial charge in [-0.15, -0.1) is 0 Å². The highest BCUT2D eigenvalue weighted by Gasteiger charge is 2.08. The number of hydrogen-bond acceptors (Lipinski definition) is 4. The molecule has 0 aliphatic carbocycles. The quantitative estimate of drug-likeness (QED) is 0.582. The number of unbranched alkanes of at least 4 members (excludes halogenated alkanes) is 2. The molecule has 4 nitrogen and oxygen atoms in total. The number of hydrogen-bond donors (Lipinski definition) is 0. The van der Waals surface area contributed by atoms with Crippen LogP contribution in [0.3, 0.4) is 0 Å². The van der Waals surface area contributed by atoms with E-state index < -0.39 is 11.9 Å². The van der Waals surface area contributed by atoms with Gasteiger partial charge in [-0.05, 0) is 12.8 Å². The molecule has 1 aromatic rings. The van der Waals surface area contributed by atoms with Crippen LogP contribution in [0.4, 0.5) is 0 Å². The lowest BCUT2D eigenvalue weighted by Gasteiger charge is -2.01. The minimum Gasteiger partial charge on any atom is -0.247 e. The summed E-state index contributed by atoms with van der Waals surface area (Å²) in [5.41, 5.74) is 0. The first-order valence-electron chi connectivity index (χ1n) is 7.10. The number of carbonyl (C=O) groups is 2. The molecule has 0 saturated heterocycles. The Bertz CT molecular complexity index is 302. The van der Waals surface area contributed by atoms with Gasteiger partial charge >= 0.3 is 11.9 Å². The van der Waals surface area contributed by atoms with Crippen molar-refractivity contribution < 1.29 is 19.4 Å². The molecule has 0 spiro atoms. The Morgan fingerprint density at radius 1 is 0.700 bits per heavy atom. The third-order valence-electron chi connectivity index (χ3n) is 2.36. The molecule has 4 heteroatoms. The van der Waals surface area contributed by atoms with Crippen LogP contribution in [-0.2, 0) is 19.4 Å². The molecule has 0 saturated carbocycles. The first kappa shape index (κ1) is 18.2. The molecule has 0 N–H and O–H groups in total. The van der Waals surface area contributed by atoms with Crippen LogP contribution in [0.2, 0.25) is 0 Å². The fourth-order valence-corrected chi connectivity index (χ4v) is 1.20. The van der Waals surface area contributed by atoms with Gasteiger partial charge in [0.05, 0.1) is 12.8 Å². The van der Waals surface area contributed by atoms with E-state index in [4.69, 9.17) is 0 Å². The Hall–Kier alpha value is -1.84. The molecule has 0 aliphatic rings. The van der Waals surface area contributed by atoms with Crippen LogP contribution < -0.4 is 0 Å². The largest absolute Gasteiger partial charge is 0.355 e. The molecular formula is C16H24O4. The summed E-state index contributed by atoms with van der Waals surface area (Å²) in [6.45, 7) is 3.95. The minimum atomic E-state index is -0.475. The van der Waals surface area contributed by atoms with Gasteiger partial charge in [0.1, 0.15) is 0 Å². The number of benzene rings is 1. The molecule has 0 fully saturated rings. The van der Waals surface area contributed by atoms with Crippen molar-refractivity contribution in [3.8, 4) is 0 Å². The molecule has 112 valence electrons. The molecule has 1 rings (SSSR count). The first-order valence-corrected chi connectivity index (χ1v) is 7.10.